The molecule has 0 bridgehead atoms. The lowest BCUT2D eigenvalue weighted by molar-refractivity contribution is 0.383. The zero-order valence-corrected chi connectivity index (χ0v) is 12.8. The molecule has 21 heavy (non-hydrogen) atoms. The van der Waals surface area contributed by atoms with Crippen LogP contribution in [0.3, 0.4) is 0 Å². The molecule has 0 radical (unpaired) electrons. The zero-order valence-electron chi connectivity index (χ0n) is 12.0. The van der Waals surface area contributed by atoms with Crippen LogP contribution < -0.4 is 4.72 Å². The molecule has 0 amide bonds. The summed E-state index contributed by atoms with van der Waals surface area (Å²) < 4.78 is 32.5. The van der Waals surface area contributed by atoms with E-state index in [0.29, 0.717) is 29.3 Å². The van der Waals surface area contributed by atoms with Crippen molar-refractivity contribution in [2.75, 3.05) is 0 Å². The molecule has 1 aliphatic rings. The van der Waals surface area contributed by atoms with Crippen LogP contribution >= 0.6 is 0 Å². The van der Waals surface area contributed by atoms with E-state index in [1.165, 1.54) is 0 Å². The predicted octanol–water partition coefficient (Wildman–Crippen LogP) is 2.05. The Morgan fingerprint density at radius 1 is 1.38 bits per heavy atom. The summed E-state index contributed by atoms with van der Waals surface area (Å²) in [6.45, 7) is 3.70. The van der Waals surface area contributed by atoms with Crippen molar-refractivity contribution in [3.8, 4) is 11.4 Å². The van der Waals surface area contributed by atoms with Gasteiger partial charge >= 0.3 is 0 Å². The third-order valence-corrected chi connectivity index (χ3v) is 5.07. The Labute approximate surface area is 123 Å². The Bertz CT molecular complexity index is 764. The maximum atomic E-state index is 12.4. The molecule has 6 nitrogen and oxygen atoms in total. The number of nitrogens with zero attached hydrogens (tertiary/aromatic N) is 2. The Kier molecular flexibility index (Phi) is 3.54. The van der Waals surface area contributed by atoms with Crippen LogP contribution in [0, 0.1) is 6.92 Å². The number of rotatable bonds is 5. The first-order chi connectivity index (χ1) is 9.99. The van der Waals surface area contributed by atoms with Gasteiger partial charge in [-0.2, -0.15) is 4.98 Å². The summed E-state index contributed by atoms with van der Waals surface area (Å²) in [4.78, 5) is 4.51. The van der Waals surface area contributed by atoms with Gasteiger partial charge in [0, 0.05) is 18.0 Å². The maximum Gasteiger partial charge on any atom is 0.241 e. The molecule has 1 N–H and O–H groups in total. The van der Waals surface area contributed by atoms with Crippen molar-refractivity contribution >= 4 is 10.0 Å². The molecule has 7 heteroatoms. The zero-order chi connectivity index (χ0) is 15.0. The predicted molar refractivity (Wildman–Crippen MR) is 77.2 cm³/mol. The molecule has 3 rings (SSSR count). The van der Waals surface area contributed by atoms with Gasteiger partial charge in [0.1, 0.15) is 0 Å². The second-order valence-corrected chi connectivity index (χ2v) is 6.92. The second kappa shape index (κ2) is 5.23. The van der Waals surface area contributed by atoms with E-state index in [0.717, 1.165) is 12.8 Å². The molecule has 0 spiro atoms. The van der Waals surface area contributed by atoms with Crippen molar-refractivity contribution in [3.05, 3.63) is 29.7 Å². The fourth-order valence-electron chi connectivity index (χ4n) is 2.03. The lowest BCUT2D eigenvalue weighted by Gasteiger charge is -2.09. The van der Waals surface area contributed by atoms with Crippen LogP contribution in [-0.4, -0.2) is 24.6 Å². The van der Waals surface area contributed by atoms with Gasteiger partial charge in [-0.1, -0.05) is 24.2 Å². The average Bonchev–Trinajstić information content (AvgIpc) is 3.11. The molecule has 1 aromatic heterocycles. The van der Waals surface area contributed by atoms with Gasteiger partial charge in [-0.25, -0.2) is 13.1 Å². The third kappa shape index (κ3) is 2.98. The van der Waals surface area contributed by atoms with Crippen LogP contribution in [0.1, 0.15) is 31.2 Å². The fourth-order valence-corrected chi connectivity index (χ4v) is 3.60. The number of aromatic nitrogens is 2. The van der Waals surface area contributed by atoms with E-state index in [9.17, 15) is 8.42 Å². The van der Waals surface area contributed by atoms with E-state index in [4.69, 9.17) is 4.52 Å². The van der Waals surface area contributed by atoms with Crippen molar-refractivity contribution in [1.82, 2.24) is 14.9 Å². The molecule has 1 aliphatic carbocycles. The highest BCUT2D eigenvalue weighted by atomic mass is 32.2. The first-order valence-corrected chi connectivity index (χ1v) is 8.44. The van der Waals surface area contributed by atoms with Gasteiger partial charge in [-0.05, 0) is 31.4 Å². The Morgan fingerprint density at radius 2 is 2.14 bits per heavy atom. The summed E-state index contributed by atoms with van der Waals surface area (Å²) in [5.41, 5.74) is 1.34. The van der Waals surface area contributed by atoms with Crippen molar-refractivity contribution in [1.29, 1.82) is 0 Å². The van der Waals surface area contributed by atoms with Gasteiger partial charge in [-0.3, -0.25) is 0 Å². The third-order valence-electron chi connectivity index (χ3n) is 3.41. The Balaban J connectivity index is 1.99. The first-order valence-electron chi connectivity index (χ1n) is 6.95. The summed E-state index contributed by atoms with van der Waals surface area (Å²) in [6, 6.07) is 5.24. The highest BCUT2D eigenvalue weighted by molar-refractivity contribution is 7.89. The van der Waals surface area contributed by atoms with Crippen LogP contribution in [0.2, 0.25) is 0 Å². The van der Waals surface area contributed by atoms with Crippen molar-refractivity contribution < 1.29 is 12.9 Å². The number of sulfonamides is 1. The largest absolute Gasteiger partial charge is 0.339 e. The summed E-state index contributed by atoms with van der Waals surface area (Å²) in [7, 11) is -3.49. The van der Waals surface area contributed by atoms with Gasteiger partial charge in [0.25, 0.3) is 0 Å². The summed E-state index contributed by atoms with van der Waals surface area (Å²) in [5, 5.41) is 3.88. The number of aryl methyl sites for hydroxylation is 2. The SMILES string of the molecule is CCc1nc(-c2ccc(C)c(S(=O)(=O)NC3CC3)c2)no1. The normalized spacial score (nSPS) is 15.3. The number of nitrogens with one attached hydrogen (secondary N) is 1. The van der Waals surface area contributed by atoms with Gasteiger partial charge in [-0.15, -0.1) is 0 Å². The Hall–Kier alpha value is -1.73. The number of hydrogen-bond acceptors (Lipinski definition) is 5. The summed E-state index contributed by atoms with van der Waals surface area (Å²) in [5.74, 6) is 0.945. The minimum atomic E-state index is -3.49. The van der Waals surface area contributed by atoms with E-state index < -0.39 is 10.0 Å². The second-order valence-electron chi connectivity index (χ2n) is 5.24. The van der Waals surface area contributed by atoms with E-state index in [-0.39, 0.29) is 10.9 Å². The molecular weight excluding hydrogens is 290 g/mol. The molecule has 0 saturated heterocycles. The average molecular weight is 307 g/mol. The lowest BCUT2D eigenvalue weighted by atomic mass is 10.1. The molecule has 0 unspecified atom stereocenters. The quantitative estimate of drug-likeness (QED) is 0.913. The topological polar surface area (TPSA) is 85.1 Å². The van der Waals surface area contributed by atoms with E-state index >= 15 is 0 Å². The van der Waals surface area contributed by atoms with Gasteiger partial charge in [0.05, 0.1) is 4.90 Å². The molecule has 2 aromatic rings. The highest BCUT2D eigenvalue weighted by Crippen LogP contribution is 2.26. The van der Waals surface area contributed by atoms with Gasteiger partial charge in [0.2, 0.25) is 21.7 Å². The van der Waals surface area contributed by atoms with Crippen LogP contribution in [0.15, 0.2) is 27.6 Å². The standard InChI is InChI=1S/C14H17N3O3S/c1-3-13-15-14(16-20-13)10-5-4-9(2)12(8-10)21(18,19)17-11-6-7-11/h4-5,8,11,17H,3,6-7H2,1-2H3. The molecule has 1 fully saturated rings. The minimum Gasteiger partial charge on any atom is -0.339 e. The molecular formula is C14H17N3O3S. The Morgan fingerprint density at radius 3 is 2.76 bits per heavy atom. The lowest BCUT2D eigenvalue weighted by Crippen LogP contribution is -2.26. The molecule has 1 saturated carbocycles. The van der Waals surface area contributed by atoms with Crippen molar-refractivity contribution in [2.24, 2.45) is 0 Å². The maximum absolute atomic E-state index is 12.4. The summed E-state index contributed by atoms with van der Waals surface area (Å²) in [6.07, 6.45) is 2.46. The number of benzene rings is 1. The van der Waals surface area contributed by atoms with Crippen molar-refractivity contribution in [3.63, 3.8) is 0 Å². The van der Waals surface area contributed by atoms with Crippen LogP contribution in [0.25, 0.3) is 11.4 Å². The number of hydrogen-bond donors (Lipinski definition) is 1. The van der Waals surface area contributed by atoms with E-state index in [1.807, 2.05) is 6.92 Å². The smallest absolute Gasteiger partial charge is 0.241 e. The fraction of sp³-hybridized carbons (Fsp3) is 0.429. The minimum absolute atomic E-state index is 0.0786. The molecule has 1 heterocycles. The van der Waals surface area contributed by atoms with Crippen LogP contribution in [0.4, 0.5) is 0 Å². The molecule has 0 aliphatic heterocycles. The van der Waals surface area contributed by atoms with E-state index in [2.05, 4.69) is 14.9 Å². The monoisotopic (exact) mass is 307 g/mol. The van der Waals surface area contributed by atoms with E-state index in [1.54, 1.807) is 25.1 Å². The van der Waals surface area contributed by atoms with Gasteiger partial charge in [0.15, 0.2) is 0 Å². The highest BCUT2D eigenvalue weighted by Gasteiger charge is 2.29. The van der Waals surface area contributed by atoms with Crippen LogP contribution in [-0.2, 0) is 16.4 Å². The van der Waals surface area contributed by atoms with Crippen LogP contribution in [0.5, 0.6) is 0 Å². The molecule has 1 aromatic carbocycles. The van der Waals surface area contributed by atoms with Crippen molar-refractivity contribution in [2.45, 2.75) is 44.0 Å². The molecule has 0 atom stereocenters. The molecule has 112 valence electrons. The van der Waals surface area contributed by atoms with Gasteiger partial charge < -0.3 is 4.52 Å². The summed E-state index contributed by atoms with van der Waals surface area (Å²) >= 11 is 0. The first kappa shape index (κ1) is 14.2.